The van der Waals surface area contributed by atoms with E-state index in [-0.39, 0.29) is 12.2 Å². The molecule has 0 saturated carbocycles. The van der Waals surface area contributed by atoms with E-state index in [4.69, 9.17) is 10.8 Å². The Labute approximate surface area is 78.1 Å². The molecule has 0 aromatic carbocycles. The Morgan fingerprint density at radius 3 is 2.08 bits per heavy atom. The van der Waals surface area contributed by atoms with Crippen LogP contribution in [0.1, 0.15) is 38.5 Å². The molecular formula is C9H17NO3. The van der Waals surface area contributed by atoms with Crippen LogP contribution in [0.2, 0.25) is 0 Å². The molecule has 0 saturated heterocycles. The maximum absolute atomic E-state index is 11.0. The first-order valence-electron chi connectivity index (χ1n) is 4.60. The van der Waals surface area contributed by atoms with Gasteiger partial charge in [-0.2, -0.15) is 0 Å². The first kappa shape index (κ1) is 12.1. The molecule has 0 aliphatic heterocycles. The molecule has 0 amide bonds. The van der Waals surface area contributed by atoms with E-state index in [0.717, 1.165) is 6.42 Å². The summed E-state index contributed by atoms with van der Waals surface area (Å²) < 4.78 is 0. The molecule has 0 spiro atoms. The van der Waals surface area contributed by atoms with Crippen LogP contribution < -0.4 is 5.73 Å². The zero-order valence-corrected chi connectivity index (χ0v) is 7.79. The highest BCUT2D eigenvalue weighted by atomic mass is 16.4. The third-order valence-electron chi connectivity index (χ3n) is 1.76. The van der Waals surface area contributed by atoms with Gasteiger partial charge in [0.05, 0.1) is 0 Å². The van der Waals surface area contributed by atoms with Crippen molar-refractivity contribution in [2.24, 2.45) is 5.73 Å². The predicted octanol–water partition coefficient (Wildman–Crippen LogP) is 0.939. The van der Waals surface area contributed by atoms with Crippen molar-refractivity contribution in [1.29, 1.82) is 0 Å². The van der Waals surface area contributed by atoms with Crippen molar-refractivity contribution in [3.8, 4) is 0 Å². The average molecular weight is 187 g/mol. The number of carbonyl (C=O) groups excluding carboxylic acids is 1. The number of hydrogen-bond acceptors (Lipinski definition) is 3. The molecule has 0 aromatic heterocycles. The van der Waals surface area contributed by atoms with Crippen LogP contribution in [-0.4, -0.2) is 23.4 Å². The van der Waals surface area contributed by atoms with Gasteiger partial charge in [0.1, 0.15) is 5.78 Å². The summed E-state index contributed by atoms with van der Waals surface area (Å²) in [6.07, 6.45) is 3.18. The first-order valence-corrected chi connectivity index (χ1v) is 4.60. The highest BCUT2D eigenvalue weighted by molar-refractivity contribution is 5.78. The normalized spacial score (nSPS) is 9.92. The van der Waals surface area contributed by atoms with E-state index in [1.165, 1.54) is 0 Å². The predicted molar refractivity (Wildman–Crippen MR) is 49.4 cm³/mol. The SMILES string of the molecule is NCCCC(=O)CCCCC(=O)O. The summed E-state index contributed by atoms with van der Waals surface area (Å²) in [6.45, 7) is 0.543. The van der Waals surface area contributed by atoms with Gasteiger partial charge in [-0.3, -0.25) is 9.59 Å². The summed E-state index contributed by atoms with van der Waals surface area (Å²) in [4.78, 5) is 21.2. The molecule has 0 aliphatic carbocycles. The van der Waals surface area contributed by atoms with Gasteiger partial charge in [-0.25, -0.2) is 0 Å². The Bertz CT molecular complexity index is 168. The lowest BCUT2D eigenvalue weighted by molar-refractivity contribution is -0.137. The van der Waals surface area contributed by atoms with Gasteiger partial charge >= 0.3 is 5.97 Å². The minimum atomic E-state index is -0.797. The average Bonchev–Trinajstić information content (AvgIpc) is 2.08. The Kier molecular flexibility index (Phi) is 7.20. The van der Waals surface area contributed by atoms with Crippen LogP contribution in [0.25, 0.3) is 0 Å². The number of aliphatic carboxylic acids is 1. The van der Waals surface area contributed by atoms with Gasteiger partial charge in [0.25, 0.3) is 0 Å². The van der Waals surface area contributed by atoms with Crippen LogP contribution in [0.4, 0.5) is 0 Å². The lowest BCUT2D eigenvalue weighted by atomic mass is 10.1. The lowest BCUT2D eigenvalue weighted by Crippen LogP contribution is -2.04. The summed E-state index contributed by atoms with van der Waals surface area (Å²) >= 11 is 0. The fourth-order valence-electron chi connectivity index (χ4n) is 1.02. The maximum Gasteiger partial charge on any atom is 0.303 e. The first-order chi connectivity index (χ1) is 6.16. The summed E-state index contributed by atoms with van der Waals surface area (Å²) in [5, 5.41) is 8.32. The topological polar surface area (TPSA) is 80.4 Å². The number of nitrogens with two attached hydrogens (primary N) is 1. The molecule has 13 heavy (non-hydrogen) atoms. The maximum atomic E-state index is 11.0. The number of carboxylic acid groups (broad SMARTS) is 1. The molecule has 0 unspecified atom stereocenters. The number of hydrogen-bond donors (Lipinski definition) is 2. The van der Waals surface area contributed by atoms with E-state index in [9.17, 15) is 9.59 Å². The standard InChI is InChI=1S/C9H17NO3/c10-7-3-5-8(11)4-1-2-6-9(12)13/h1-7,10H2,(H,12,13). The second-order valence-corrected chi connectivity index (χ2v) is 3.03. The molecule has 3 N–H and O–H groups in total. The van der Waals surface area contributed by atoms with E-state index in [2.05, 4.69) is 0 Å². The van der Waals surface area contributed by atoms with Crippen molar-refractivity contribution in [2.75, 3.05) is 6.54 Å². The van der Waals surface area contributed by atoms with Crippen LogP contribution in [0.3, 0.4) is 0 Å². The zero-order chi connectivity index (χ0) is 10.1. The molecule has 0 rings (SSSR count). The smallest absolute Gasteiger partial charge is 0.303 e. The zero-order valence-electron chi connectivity index (χ0n) is 7.79. The second-order valence-electron chi connectivity index (χ2n) is 3.03. The van der Waals surface area contributed by atoms with Crippen LogP contribution in [0.5, 0.6) is 0 Å². The Balaban J connectivity index is 3.22. The van der Waals surface area contributed by atoms with E-state index in [0.29, 0.717) is 32.2 Å². The van der Waals surface area contributed by atoms with Crippen LogP contribution in [0.15, 0.2) is 0 Å². The van der Waals surface area contributed by atoms with Gasteiger partial charge in [-0.1, -0.05) is 0 Å². The minimum absolute atomic E-state index is 0.157. The molecule has 0 atom stereocenters. The van der Waals surface area contributed by atoms with Gasteiger partial charge in [-0.05, 0) is 25.8 Å². The highest BCUT2D eigenvalue weighted by Gasteiger charge is 2.02. The van der Waals surface area contributed by atoms with Gasteiger partial charge in [0.2, 0.25) is 0 Å². The van der Waals surface area contributed by atoms with Gasteiger partial charge < -0.3 is 10.8 Å². The van der Waals surface area contributed by atoms with Crippen LogP contribution >= 0.6 is 0 Å². The number of Topliss-reactive ketones (excluding diaryl/α,β-unsaturated/α-hetero) is 1. The number of carbonyl (C=O) groups is 2. The van der Waals surface area contributed by atoms with E-state index in [1.807, 2.05) is 0 Å². The molecular weight excluding hydrogens is 170 g/mol. The van der Waals surface area contributed by atoms with Crippen molar-refractivity contribution in [3.63, 3.8) is 0 Å². The Hall–Kier alpha value is -0.900. The van der Waals surface area contributed by atoms with Crippen molar-refractivity contribution in [2.45, 2.75) is 38.5 Å². The fourth-order valence-corrected chi connectivity index (χ4v) is 1.02. The Morgan fingerprint density at radius 2 is 1.54 bits per heavy atom. The number of ketones is 1. The largest absolute Gasteiger partial charge is 0.481 e. The molecule has 0 fully saturated rings. The van der Waals surface area contributed by atoms with Crippen molar-refractivity contribution in [1.82, 2.24) is 0 Å². The van der Waals surface area contributed by atoms with Gasteiger partial charge in [0.15, 0.2) is 0 Å². The minimum Gasteiger partial charge on any atom is -0.481 e. The van der Waals surface area contributed by atoms with Gasteiger partial charge in [0, 0.05) is 19.3 Å². The molecule has 0 bridgehead atoms. The Morgan fingerprint density at radius 1 is 1.00 bits per heavy atom. The third-order valence-corrected chi connectivity index (χ3v) is 1.76. The molecule has 0 aromatic rings. The monoisotopic (exact) mass is 187 g/mol. The van der Waals surface area contributed by atoms with Crippen molar-refractivity contribution >= 4 is 11.8 Å². The summed E-state index contributed by atoms with van der Waals surface area (Å²) in [7, 11) is 0. The molecule has 0 radical (unpaired) electrons. The van der Waals surface area contributed by atoms with E-state index < -0.39 is 5.97 Å². The molecule has 0 aliphatic rings. The summed E-state index contributed by atoms with van der Waals surface area (Å²) in [5.41, 5.74) is 5.24. The van der Waals surface area contributed by atoms with Crippen LogP contribution in [0, 0.1) is 0 Å². The quantitative estimate of drug-likeness (QED) is 0.554. The second kappa shape index (κ2) is 7.73. The van der Waals surface area contributed by atoms with E-state index >= 15 is 0 Å². The van der Waals surface area contributed by atoms with Crippen molar-refractivity contribution in [3.05, 3.63) is 0 Å². The van der Waals surface area contributed by atoms with E-state index in [1.54, 1.807) is 0 Å². The molecule has 0 heterocycles. The molecule has 76 valence electrons. The number of unbranched alkanes of at least 4 members (excludes halogenated alkanes) is 1. The molecule has 4 heteroatoms. The summed E-state index contributed by atoms with van der Waals surface area (Å²) in [5.74, 6) is -0.606. The van der Waals surface area contributed by atoms with Crippen LogP contribution in [-0.2, 0) is 9.59 Å². The summed E-state index contributed by atoms with van der Waals surface area (Å²) in [6, 6.07) is 0. The lowest BCUT2D eigenvalue weighted by Gasteiger charge is -1.98. The fraction of sp³-hybridized carbons (Fsp3) is 0.778. The highest BCUT2D eigenvalue weighted by Crippen LogP contribution is 2.03. The molecule has 4 nitrogen and oxygen atoms in total. The number of carboxylic acids is 1. The van der Waals surface area contributed by atoms with Crippen molar-refractivity contribution < 1.29 is 14.7 Å². The third kappa shape index (κ3) is 9.01. The van der Waals surface area contributed by atoms with Gasteiger partial charge in [-0.15, -0.1) is 0 Å². The number of rotatable bonds is 8.